The van der Waals surface area contributed by atoms with Gasteiger partial charge in [-0.2, -0.15) is 0 Å². The maximum absolute atomic E-state index is 6.14. The quantitative estimate of drug-likeness (QED) is 0.812. The van der Waals surface area contributed by atoms with Crippen LogP contribution in [0.3, 0.4) is 0 Å². The Morgan fingerprint density at radius 3 is 2.40 bits per heavy atom. The predicted octanol–water partition coefficient (Wildman–Crippen LogP) is 5.05. The minimum Gasteiger partial charge on any atom is -0.306 e. The van der Waals surface area contributed by atoms with E-state index >= 15 is 0 Å². The molecule has 0 aliphatic carbocycles. The summed E-state index contributed by atoms with van der Waals surface area (Å²) in [6, 6.07) is 15.0. The van der Waals surface area contributed by atoms with Crippen LogP contribution in [0.15, 0.2) is 42.5 Å². The van der Waals surface area contributed by atoms with Gasteiger partial charge in [-0.15, -0.1) is 0 Å². The van der Waals surface area contributed by atoms with Crippen LogP contribution in [0.2, 0.25) is 5.02 Å². The van der Waals surface area contributed by atoms with Crippen LogP contribution in [-0.4, -0.2) is 6.54 Å². The third-order valence-corrected chi connectivity index (χ3v) is 3.88. The van der Waals surface area contributed by atoms with Crippen molar-refractivity contribution in [2.75, 3.05) is 6.54 Å². The lowest BCUT2D eigenvalue weighted by molar-refractivity contribution is 0.598. The van der Waals surface area contributed by atoms with Gasteiger partial charge in [0.1, 0.15) is 0 Å². The van der Waals surface area contributed by atoms with Crippen molar-refractivity contribution in [3.8, 4) is 0 Å². The lowest BCUT2D eigenvalue weighted by atomic mass is 9.95. The zero-order valence-corrected chi connectivity index (χ0v) is 13.2. The fourth-order valence-corrected chi connectivity index (χ4v) is 2.55. The van der Waals surface area contributed by atoms with Gasteiger partial charge < -0.3 is 5.32 Å². The summed E-state index contributed by atoms with van der Waals surface area (Å²) in [4.78, 5) is 0. The summed E-state index contributed by atoms with van der Waals surface area (Å²) in [5, 5.41) is 4.40. The summed E-state index contributed by atoms with van der Waals surface area (Å²) >= 11 is 6.14. The molecule has 0 bridgehead atoms. The van der Waals surface area contributed by atoms with Gasteiger partial charge in [-0.25, -0.2) is 0 Å². The Bertz CT molecular complexity index is 577. The van der Waals surface area contributed by atoms with E-state index in [9.17, 15) is 0 Å². The second-order valence-corrected chi connectivity index (χ2v) is 5.72. The minimum absolute atomic E-state index is 0.202. The molecule has 0 saturated heterocycles. The topological polar surface area (TPSA) is 12.0 Å². The molecule has 2 aromatic carbocycles. The lowest BCUT2D eigenvalue weighted by Crippen LogP contribution is -2.23. The highest BCUT2D eigenvalue weighted by Gasteiger charge is 2.14. The van der Waals surface area contributed by atoms with Crippen LogP contribution < -0.4 is 5.32 Å². The van der Waals surface area contributed by atoms with Gasteiger partial charge in [-0.05, 0) is 61.2 Å². The molecule has 106 valence electrons. The SMILES string of the molecule is CCCNC(c1cccc(Cl)c1)c1ccc(C)c(C)c1. The molecule has 0 fully saturated rings. The van der Waals surface area contributed by atoms with Crippen molar-refractivity contribution in [3.05, 3.63) is 69.7 Å². The van der Waals surface area contributed by atoms with Gasteiger partial charge in [0, 0.05) is 5.02 Å². The number of hydrogen-bond acceptors (Lipinski definition) is 1. The monoisotopic (exact) mass is 287 g/mol. The molecule has 0 aliphatic heterocycles. The third kappa shape index (κ3) is 3.62. The lowest BCUT2D eigenvalue weighted by Gasteiger charge is -2.21. The molecule has 2 rings (SSSR count). The predicted molar refractivity (Wildman–Crippen MR) is 87.5 cm³/mol. The average Bonchev–Trinajstić information content (AvgIpc) is 2.43. The third-order valence-electron chi connectivity index (χ3n) is 3.64. The molecular weight excluding hydrogens is 266 g/mol. The molecule has 2 heteroatoms. The van der Waals surface area contributed by atoms with Crippen LogP contribution in [0.25, 0.3) is 0 Å². The summed E-state index contributed by atoms with van der Waals surface area (Å²) in [7, 11) is 0. The van der Waals surface area contributed by atoms with Crippen molar-refractivity contribution in [1.82, 2.24) is 5.32 Å². The first-order valence-electron chi connectivity index (χ1n) is 7.18. The zero-order chi connectivity index (χ0) is 14.5. The number of aryl methyl sites for hydroxylation is 2. The fourth-order valence-electron chi connectivity index (χ4n) is 2.35. The first-order chi connectivity index (χ1) is 9.61. The van der Waals surface area contributed by atoms with Crippen molar-refractivity contribution in [3.63, 3.8) is 0 Å². The molecule has 2 aromatic rings. The molecule has 0 amide bonds. The van der Waals surface area contributed by atoms with E-state index in [1.807, 2.05) is 18.2 Å². The Labute approximate surface area is 127 Å². The second kappa shape index (κ2) is 6.92. The summed E-state index contributed by atoms with van der Waals surface area (Å²) in [5.41, 5.74) is 5.17. The van der Waals surface area contributed by atoms with Crippen molar-refractivity contribution >= 4 is 11.6 Å². The van der Waals surface area contributed by atoms with E-state index < -0.39 is 0 Å². The van der Waals surface area contributed by atoms with Crippen LogP contribution in [-0.2, 0) is 0 Å². The van der Waals surface area contributed by atoms with E-state index in [-0.39, 0.29) is 6.04 Å². The van der Waals surface area contributed by atoms with Crippen LogP contribution in [0, 0.1) is 13.8 Å². The molecule has 1 atom stereocenters. The first-order valence-corrected chi connectivity index (χ1v) is 7.55. The summed E-state index contributed by atoms with van der Waals surface area (Å²) in [5.74, 6) is 0. The molecule has 0 aliphatic rings. The van der Waals surface area contributed by atoms with Crippen LogP contribution in [0.4, 0.5) is 0 Å². The smallest absolute Gasteiger partial charge is 0.0577 e. The summed E-state index contributed by atoms with van der Waals surface area (Å²) < 4.78 is 0. The Morgan fingerprint density at radius 2 is 1.75 bits per heavy atom. The van der Waals surface area contributed by atoms with Gasteiger partial charge in [0.15, 0.2) is 0 Å². The highest BCUT2D eigenvalue weighted by Crippen LogP contribution is 2.26. The second-order valence-electron chi connectivity index (χ2n) is 5.29. The number of halogens is 1. The van der Waals surface area contributed by atoms with Crippen LogP contribution in [0.1, 0.15) is 41.6 Å². The molecule has 1 N–H and O–H groups in total. The standard InChI is InChI=1S/C18H22ClN/c1-4-10-20-18(15-6-5-7-17(19)12-15)16-9-8-13(2)14(3)11-16/h5-9,11-12,18,20H,4,10H2,1-3H3. The molecule has 1 nitrogen and oxygen atoms in total. The van der Waals surface area contributed by atoms with E-state index in [2.05, 4.69) is 50.4 Å². The van der Waals surface area contributed by atoms with E-state index in [1.165, 1.54) is 22.3 Å². The van der Waals surface area contributed by atoms with Crippen molar-refractivity contribution in [1.29, 1.82) is 0 Å². The Hall–Kier alpha value is -1.31. The largest absolute Gasteiger partial charge is 0.306 e. The van der Waals surface area contributed by atoms with Crippen molar-refractivity contribution in [2.24, 2.45) is 0 Å². The molecule has 0 heterocycles. The summed E-state index contributed by atoms with van der Waals surface area (Å²) in [6.07, 6.45) is 1.11. The van der Waals surface area contributed by atoms with E-state index in [0.29, 0.717) is 0 Å². The number of benzene rings is 2. The fraction of sp³-hybridized carbons (Fsp3) is 0.333. The zero-order valence-electron chi connectivity index (χ0n) is 12.4. The molecule has 0 radical (unpaired) electrons. The number of rotatable bonds is 5. The Kier molecular flexibility index (Phi) is 5.22. The normalized spacial score (nSPS) is 12.4. The Morgan fingerprint density at radius 1 is 1.00 bits per heavy atom. The van der Waals surface area contributed by atoms with E-state index in [4.69, 9.17) is 11.6 Å². The van der Waals surface area contributed by atoms with Crippen molar-refractivity contribution in [2.45, 2.75) is 33.2 Å². The maximum atomic E-state index is 6.14. The van der Waals surface area contributed by atoms with Crippen LogP contribution in [0.5, 0.6) is 0 Å². The van der Waals surface area contributed by atoms with Gasteiger partial charge in [0.25, 0.3) is 0 Å². The van der Waals surface area contributed by atoms with E-state index in [1.54, 1.807) is 0 Å². The molecule has 20 heavy (non-hydrogen) atoms. The molecule has 0 spiro atoms. The highest BCUT2D eigenvalue weighted by atomic mass is 35.5. The number of hydrogen-bond donors (Lipinski definition) is 1. The van der Waals surface area contributed by atoms with E-state index in [0.717, 1.165) is 18.0 Å². The number of nitrogens with one attached hydrogen (secondary N) is 1. The Balaban J connectivity index is 2.38. The maximum Gasteiger partial charge on any atom is 0.0577 e. The molecule has 1 unspecified atom stereocenters. The summed E-state index contributed by atoms with van der Waals surface area (Å²) in [6.45, 7) is 7.48. The molecule has 0 aromatic heterocycles. The van der Waals surface area contributed by atoms with Crippen molar-refractivity contribution < 1.29 is 0 Å². The highest BCUT2D eigenvalue weighted by molar-refractivity contribution is 6.30. The molecular formula is C18H22ClN. The first kappa shape index (κ1) is 15.1. The van der Waals surface area contributed by atoms with Gasteiger partial charge >= 0.3 is 0 Å². The van der Waals surface area contributed by atoms with Crippen LogP contribution >= 0.6 is 11.6 Å². The minimum atomic E-state index is 0.202. The van der Waals surface area contributed by atoms with Gasteiger partial charge in [0.2, 0.25) is 0 Å². The van der Waals surface area contributed by atoms with Gasteiger partial charge in [-0.1, -0.05) is 48.9 Å². The average molecular weight is 288 g/mol. The van der Waals surface area contributed by atoms with Gasteiger partial charge in [0.05, 0.1) is 6.04 Å². The molecule has 0 saturated carbocycles. The van der Waals surface area contributed by atoms with Gasteiger partial charge in [-0.3, -0.25) is 0 Å².